The van der Waals surface area contributed by atoms with Gasteiger partial charge in [0.25, 0.3) is 0 Å². The van der Waals surface area contributed by atoms with Gasteiger partial charge >= 0.3 is 0 Å². The molecule has 5 fully saturated rings. The Balaban J connectivity index is 1.18. The lowest BCUT2D eigenvalue weighted by Crippen LogP contribution is -2.68. The number of rotatable bonds is 2. The van der Waals surface area contributed by atoms with Gasteiger partial charge in [-0.3, -0.25) is 0 Å². The predicted molar refractivity (Wildman–Crippen MR) is 263 cm³/mol. The Hall–Kier alpha value is -2.12. The fourth-order valence-electron chi connectivity index (χ4n) is 13.5. The van der Waals surface area contributed by atoms with Crippen LogP contribution in [-0.4, -0.2) is 52.6 Å². The molecule has 0 amide bonds. The number of hydrogen-bond acceptors (Lipinski definition) is 5. The number of hydrogen-bond donors (Lipinski definition) is 0. The second-order valence-electron chi connectivity index (χ2n) is 20.5. The number of para-hydroxylation sites is 4. The average molecular weight is 857 g/mol. The van der Waals surface area contributed by atoms with E-state index < -0.39 is 0 Å². The van der Waals surface area contributed by atoms with Crippen molar-refractivity contribution in [3.8, 4) is 0 Å². The standard InChI is InChI=1S/C53H64N2S4/c1-27-29(3)33(7)47-45(31(27)5)56-49-43(54-39-23-15-11-19-35(39)36-20-12-16-24-40(36)54)50-52(59-48-34(8)30(4)28(2)32(6)46(48)57-50)44(51(49)58-47)55-41-25-17-13-21-37(41)53(9,10)38-22-14-18-26-42(38)55/h11-34,43-52H,1-10H3. The predicted octanol–water partition coefficient (Wildman–Crippen LogP) is 14.2. The minimum Gasteiger partial charge on any atom is -0.336 e. The van der Waals surface area contributed by atoms with Gasteiger partial charge in [-0.25, -0.2) is 0 Å². The molecule has 2 nitrogen and oxygen atoms in total. The van der Waals surface area contributed by atoms with E-state index in [1.165, 1.54) is 44.3 Å². The summed E-state index contributed by atoms with van der Waals surface area (Å²) in [7, 11) is 0. The van der Waals surface area contributed by atoms with Gasteiger partial charge < -0.3 is 9.47 Å². The summed E-state index contributed by atoms with van der Waals surface area (Å²) >= 11 is 9.87. The van der Waals surface area contributed by atoms with Crippen LogP contribution >= 0.6 is 47.0 Å². The van der Waals surface area contributed by atoms with E-state index in [-0.39, 0.29) is 5.41 Å². The van der Waals surface area contributed by atoms with Crippen molar-refractivity contribution in [2.24, 2.45) is 47.3 Å². The molecule has 5 aromatic rings. The van der Waals surface area contributed by atoms with Gasteiger partial charge in [-0.2, -0.15) is 47.0 Å². The van der Waals surface area contributed by atoms with Crippen LogP contribution < -0.4 is 4.90 Å². The van der Waals surface area contributed by atoms with Crippen molar-refractivity contribution in [3.63, 3.8) is 0 Å². The van der Waals surface area contributed by atoms with Gasteiger partial charge in [0, 0.05) is 80.6 Å². The van der Waals surface area contributed by atoms with Crippen LogP contribution in [0.2, 0.25) is 0 Å². The third kappa shape index (κ3) is 5.62. The molecule has 16 unspecified atom stereocenters. The van der Waals surface area contributed by atoms with Gasteiger partial charge in [0.05, 0.1) is 12.1 Å². The van der Waals surface area contributed by atoms with Gasteiger partial charge in [-0.05, 0) is 82.7 Å². The topological polar surface area (TPSA) is 8.17 Å². The quantitative estimate of drug-likeness (QED) is 0.174. The molecule has 6 heteroatoms. The van der Waals surface area contributed by atoms with Crippen molar-refractivity contribution in [3.05, 3.63) is 108 Å². The van der Waals surface area contributed by atoms with E-state index in [0.29, 0.717) is 77.8 Å². The maximum atomic E-state index is 2.97. The lowest BCUT2D eigenvalue weighted by molar-refractivity contribution is 0.146. The molecule has 0 bridgehead atoms. The Bertz CT molecular complexity index is 2240. The van der Waals surface area contributed by atoms with Crippen LogP contribution in [0.4, 0.5) is 11.4 Å². The van der Waals surface area contributed by atoms with Crippen molar-refractivity contribution < 1.29 is 0 Å². The van der Waals surface area contributed by atoms with Gasteiger partial charge in [-0.1, -0.05) is 142 Å². The van der Waals surface area contributed by atoms with Crippen LogP contribution in [0.5, 0.6) is 0 Å². The van der Waals surface area contributed by atoms with E-state index in [4.69, 9.17) is 0 Å². The summed E-state index contributed by atoms with van der Waals surface area (Å²) in [5.41, 5.74) is 8.67. The smallest absolute Gasteiger partial charge is 0.0603 e. The molecule has 1 aromatic heterocycles. The third-order valence-corrected chi connectivity index (χ3v) is 26.2. The average Bonchev–Trinajstić information content (AvgIpc) is 3.59. The summed E-state index contributed by atoms with van der Waals surface area (Å²) in [5, 5.41) is 7.29. The van der Waals surface area contributed by atoms with Crippen molar-refractivity contribution in [1.29, 1.82) is 0 Å². The number of fused-ring (bicyclic) bond motifs is 9. The van der Waals surface area contributed by atoms with E-state index in [0.717, 1.165) is 23.7 Å². The first-order valence-electron chi connectivity index (χ1n) is 23.0. The molecule has 3 aliphatic carbocycles. The van der Waals surface area contributed by atoms with E-state index >= 15 is 0 Å². The number of thioether (sulfide) groups is 4. The zero-order valence-corrected chi connectivity index (χ0v) is 39.9. The third-order valence-electron chi connectivity index (χ3n) is 17.8. The second kappa shape index (κ2) is 14.5. The molecule has 11 rings (SSSR count). The Morgan fingerprint density at radius 2 is 0.695 bits per heavy atom. The van der Waals surface area contributed by atoms with Crippen LogP contribution in [0.1, 0.15) is 86.4 Å². The lowest BCUT2D eigenvalue weighted by atomic mass is 9.68. The van der Waals surface area contributed by atoms with E-state index in [1.54, 1.807) is 0 Å². The fourth-order valence-corrected chi connectivity index (χ4v) is 23.4. The number of nitrogens with zero attached hydrogens (tertiary/aromatic N) is 2. The van der Waals surface area contributed by atoms with Crippen LogP contribution in [0.3, 0.4) is 0 Å². The van der Waals surface area contributed by atoms with Crippen molar-refractivity contribution in [2.45, 2.75) is 129 Å². The van der Waals surface area contributed by atoms with Crippen LogP contribution in [-0.2, 0) is 5.41 Å². The highest BCUT2D eigenvalue weighted by Gasteiger charge is 2.64. The minimum atomic E-state index is -0.0699. The summed E-state index contributed by atoms with van der Waals surface area (Å²) in [4.78, 5) is 2.97. The molecular formula is C53H64N2S4. The minimum absolute atomic E-state index is 0.0699. The van der Waals surface area contributed by atoms with Crippen LogP contribution in [0, 0.1) is 47.3 Å². The molecule has 310 valence electrons. The number of aromatic nitrogens is 1. The van der Waals surface area contributed by atoms with E-state index in [9.17, 15) is 0 Å². The Kier molecular flexibility index (Phi) is 9.73. The van der Waals surface area contributed by atoms with Crippen molar-refractivity contribution in [1.82, 2.24) is 4.57 Å². The monoisotopic (exact) mass is 856 g/mol. The molecular weight excluding hydrogens is 793 g/mol. The highest BCUT2D eigenvalue weighted by Crippen LogP contribution is 2.67. The summed E-state index contributed by atoms with van der Waals surface area (Å²) in [6.07, 6.45) is 0. The molecule has 0 N–H and O–H groups in total. The van der Waals surface area contributed by atoms with Crippen LogP contribution in [0.25, 0.3) is 21.8 Å². The molecule has 3 aliphatic heterocycles. The molecule has 4 heterocycles. The molecule has 6 aliphatic rings. The molecule has 59 heavy (non-hydrogen) atoms. The van der Waals surface area contributed by atoms with E-state index in [2.05, 4.69) is 223 Å². The summed E-state index contributed by atoms with van der Waals surface area (Å²) < 4.78 is 2.94. The SMILES string of the molecule is CC1C(C)C(C)C2SC3C(SC2C1C)C(N1c2ccccc2C(C)(C)c2ccccc21)C1SC2C(C)C(C)C(C)C(C)C2SC1C3n1c2ccccc2c2ccccc21. The van der Waals surface area contributed by atoms with E-state index in [1.807, 2.05) is 0 Å². The highest BCUT2D eigenvalue weighted by atomic mass is 32.2. The van der Waals surface area contributed by atoms with Crippen molar-refractivity contribution >= 4 is 80.2 Å². The maximum absolute atomic E-state index is 2.97. The van der Waals surface area contributed by atoms with Crippen LogP contribution in [0.15, 0.2) is 97.1 Å². The molecule has 4 aromatic carbocycles. The first kappa shape index (κ1) is 39.7. The second-order valence-corrected chi connectivity index (χ2v) is 26.0. The summed E-state index contributed by atoms with van der Waals surface area (Å²) in [6, 6.07) is 38.7. The molecule has 2 saturated heterocycles. The summed E-state index contributed by atoms with van der Waals surface area (Å²) in [6.45, 7) is 25.8. The van der Waals surface area contributed by atoms with Gasteiger partial charge in [0.2, 0.25) is 0 Å². The Morgan fingerprint density at radius 1 is 0.373 bits per heavy atom. The molecule has 16 atom stereocenters. The fraction of sp³-hybridized carbons (Fsp3) is 0.547. The summed E-state index contributed by atoms with van der Waals surface area (Å²) in [5.74, 6) is 5.67. The molecule has 3 saturated carbocycles. The largest absolute Gasteiger partial charge is 0.336 e. The number of anilines is 2. The normalized spacial score (nSPS) is 42.2. The lowest BCUT2D eigenvalue weighted by Gasteiger charge is -2.64. The zero-order chi connectivity index (χ0) is 40.8. The zero-order valence-electron chi connectivity index (χ0n) is 36.7. The maximum Gasteiger partial charge on any atom is 0.0603 e. The Labute approximate surface area is 371 Å². The Morgan fingerprint density at radius 3 is 1.08 bits per heavy atom. The van der Waals surface area contributed by atoms with Gasteiger partial charge in [0.1, 0.15) is 0 Å². The molecule has 0 radical (unpaired) electrons. The number of benzene rings is 4. The van der Waals surface area contributed by atoms with Crippen molar-refractivity contribution in [2.75, 3.05) is 4.90 Å². The highest BCUT2D eigenvalue weighted by molar-refractivity contribution is 8.09. The van der Waals surface area contributed by atoms with Gasteiger partial charge in [-0.15, -0.1) is 0 Å². The first-order valence-corrected chi connectivity index (χ1v) is 26.7. The molecule has 0 spiro atoms. The van der Waals surface area contributed by atoms with Gasteiger partial charge in [0.15, 0.2) is 0 Å². The first-order chi connectivity index (χ1) is 28.4.